The van der Waals surface area contributed by atoms with Gasteiger partial charge in [-0.15, -0.1) is 0 Å². The van der Waals surface area contributed by atoms with Crippen molar-refractivity contribution in [1.82, 2.24) is 9.78 Å². The van der Waals surface area contributed by atoms with Crippen LogP contribution < -0.4 is 5.32 Å². The lowest BCUT2D eigenvalue weighted by atomic mass is 10.1. The molecule has 2 rings (SSSR count). The van der Waals surface area contributed by atoms with Gasteiger partial charge in [0.15, 0.2) is 0 Å². The van der Waals surface area contributed by atoms with E-state index in [0.29, 0.717) is 18.2 Å². The van der Waals surface area contributed by atoms with Crippen molar-refractivity contribution in [3.05, 3.63) is 47.5 Å². The number of hydrogen-bond acceptors (Lipinski definition) is 2. The van der Waals surface area contributed by atoms with Crippen molar-refractivity contribution in [2.24, 2.45) is 7.05 Å². The maximum atomic E-state index is 13.5. The van der Waals surface area contributed by atoms with Crippen molar-refractivity contribution < 1.29 is 4.39 Å². The number of nitrogens with one attached hydrogen (secondary N) is 1. The highest BCUT2D eigenvalue weighted by atomic mass is 19.1. The van der Waals surface area contributed by atoms with E-state index in [-0.39, 0.29) is 5.82 Å². The summed E-state index contributed by atoms with van der Waals surface area (Å²) >= 11 is 0. The Kier molecular flexibility index (Phi) is 3.65. The topological polar surface area (TPSA) is 29.9 Å². The van der Waals surface area contributed by atoms with E-state index in [1.165, 1.54) is 6.07 Å². The van der Waals surface area contributed by atoms with Crippen molar-refractivity contribution >= 4 is 5.69 Å². The van der Waals surface area contributed by atoms with Gasteiger partial charge in [0, 0.05) is 25.4 Å². The smallest absolute Gasteiger partial charge is 0.146 e. The molecule has 96 valence electrons. The van der Waals surface area contributed by atoms with Gasteiger partial charge in [0.05, 0.1) is 11.4 Å². The minimum absolute atomic E-state index is 0.229. The van der Waals surface area contributed by atoms with E-state index >= 15 is 0 Å². The van der Waals surface area contributed by atoms with E-state index in [9.17, 15) is 4.39 Å². The first-order valence-electron chi connectivity index (χ1n) is 6.08. The number of aromatic nitrogens is 2. The van der Waals surface area contributed by atoms with Gasteiger partial charge >= 0.3 is 0 Å². The maximum absolute atomic E-state index is 13.5. The molecule has 0 aliphatic heterocycles. The molecule has 0 aliphatic carbocycles. The molecule has 18 heavy (non-hydrogen) atoms. The summed E-state index contributed by atoms with van der Waals surface area (Å²) in [5.41, 5.74) is 2.69. The lowest BCUT2D eigenvalue weighted by Crippen LogP contribution is -2.03. The van der Waals surface area contributed by atoms with E-state index in [1.54, 1.807) is 16.8 Å². The van der Waals surface area contributed by atoms with Crippen LogP contribution in [-0.4, -0.2) is 9.78 Å². The van der Waals surface area contributed by atoms with Crippen LogP contribution in [0.3, 0.4) is 0 Å². The Balaban J connectivity index is 2.13. The summed E-state index contributed by atoms with van der Waals surface area (Å²) in [5.74, 6) is 0.135. The van der Waals surface area contributed by atoms with Gasteiger partial charge in [0.1, 0.15) is 5.82 Å². The predicted molar refractivity (Wildman–Crippen MR) is 71.0 cm³/mol. The second-order valence-corrected chi connectivity index (χ2v) is 4.70. The highest BCUT2D eigenvalue weighted by molar-refractivity contribution is 5.45. The van der Waals surface area contributed by atoms with Gasteiger partial charge in [-0.1, -0.05) is 26.0 Å². The van der Waals surface area contributed by atoms with Gasteiger partial charge in [-0.2, -0.15) is 5.10 Å². The van der Waals surface area contributed by atoms with Gasteiger partial charge in [0.2, 0.25) is 0 Å². The Morgan fingerprint density at radius 1 is 1.33 bits per heavy atom. The predicted octanol–water partition coefficient (Wildman–Crippen LogP) is 3.29. The zero-order valence-electron chi connectivity index (χ0n) is 10.9. The molecule has 0 bridgehead atoms. The van der Waals surface area contributed by atoms with E-state index < -0.39 is 0 Å². The lowest BCUT2D eigenvalue weighted by Gasteiger charge is -2.08. The molecule has 3 nitrogen and oxygen atoms in total. The molecule has 1 heterocycles. The fourth-order valence-electron chi connectivity index (χ4n) is 1.97. The molecule has 0 saturated heterocycles. The van der Waals surface area contributed by atoms with Gasteiger partial charge in [0.25, 0.3) is 0 Å². The molecule has 2 aromatic rings. The van der Waals surface area contributed by atoms with Crippen molar-refractivity contribution in [1.29, 1.82) is 0 Å². The molecule has 0 radical (unpaired) electrons. The summed E-state index contributed by atoms with van der Waals surface area (Å²) in [6.45, 7) is 4.80. The van der Waals surface area contributed by atoms with Crippen LogP contribution >= 0.6 is 0 Å². The fraction of sp³-hybridized carbons (Fsp3) is 0.357. The number of aryl methyl sites for hydroxylation is 1. The Morgan fingerprint density at radius 3 is 2.72 bits per heavy atom. The molecule has 0 saturated carbocycles. The van der Waals surface area contributed by atoms with E-state index in [1.807, 2.05) is 19.3 Å². The van der Waals surface area contributed by atoms with Gasteiger partial charge < -0.3 is 5.32 Å². The normalized spacial score (nSPS) is 10.9. The fourth-order valence-corrected chi connectivity index (χ4v) is 1.97. The summed E-state index contributed by atoms with van der Waals surface area (Å²) < 4.78 is 15.3. The number of benzene rings is 1. The van der Waals surface area contributed by atoms with Crippen LogP contribution in [0.15, 0.2) is 30.5 Å². The molecule has 0 unspecified atom stereocenters. The van der Waals surface area contributed by atoms with Crippen molar-refractivity contribution in [2.75, 3.05) is 5.32 Å². The van der Waals surface area contributed by atoms with Crippen molar-refractivity contribution in [3.8, 4) is 0 Å². The van der Waals surface area contributed by atoms with E-state index in [4.69, 9.17) is 0 Å². The minimum Gasteiger partial charge on any atom is -0.378 e. The number of nitrogens with zero attached hydrogens (tertiary/aromatic N) is 2. The number of rotatable bonds is 4. The van der Waals surface area contributed by atoms with Crippen molar-refractivity contribution in [3.63, 3.8) is 0 Å². The molecule has 0 fully saturated rings. The number of halogens is 1. The van der Waals surface area contributed by atoms with Crippen LogP contribution in [0.2, 0.25) is 0 Å². The molecule has 1 N–H and O–H groups in total. The standard InChI is InChI=1S/C14H18FN3/c1-10(2)14-11(9-18(3)17-14)8-16-13-7-5-4-6-12(13)15/h4-7,9-10,16H,8H2,1-3H3. The first-order valence-corrected chi connectivity index (χ1v) is 6.08. The molecular formula is C14H18FN3. The second kappa shape index (κ2) is 5.21. The van der Waals surface area contributed by atoms with Crippen LogP contribution in [0, 0.1) is 5.82 Å². The van der Waals surface area contributed by atoms with Crippen LogP contribution in [-0.2, 0) is 13.6 Å². The average molecular weight is 247 g/mol. The molecule has 0 aliphatic rings. The maximum Gasteiger partial charge on any atom is 0.146 e. The summed E-state index contributed by atoms with van der Waals surface area (Å²) in [6, 6.07) is 6.69. The first kappa shape index (κ1) is 12.6. The second-order valence-electron chi connectivity index (χ2n) is 4.70. The average Bonchev–Trinajstić information content (AvgIpc) is 2.70. The monoisotopic (exact) mass is 247 g/mol. The molecular weight excluding hydrogens is 229 g/mol. The molecule has 1 aromatic heterocycles. The SMILES string of the molecule is CC(C)c1nn(C)cc1CNc1ccccc1F. The summed E-state index contributed by atoms with van der Waals surface area (Å²) in [4.78, 5) is 0. The Hall–Kier alpha value is -1.84. The van der Waals surface area contributed by atoms with Crippen molar-refractivity contribution in [2.45, 2.75) is 26.3 Å². The summed E-state index contributed by atoms with van der Waals surface area (Å²) in [5, 5.41) is 7.54. The van der Waals surface area contributed by atoms with Crippen LogP contribution in [0.4, 0.5) is 10.1 Å². The number of hydrogen-bond donors (Lipinski definition) is 1. The molecule has 0 atom stereocenters. The van der Waals surface area contributed by atoms with Gasteiger partial charge in [-0.3, -0.25) is 4.68 Å². The Labute approximate surface area is 107 Å². The van der Waals surface area contributed by atoms with Crippen LogP contribution in [0.5, 0.6) is 0 Å². The molecule has 4 heteroatoms. The number of para-hydroxylation sites is 1. The number of anilines is 1. The summed E-state index contributed by atoms with van der Waals surface area (Å²) in [6.07, 6.45) is 1.98. The quantitative estimate of drug-likeness (QED) is 0.898. The summed E-state index contributed by atoms with van der Waals surface area (Å²) in [7, 11) is 1.90. The minimum atomic E-state index is -0.229. The Morgan fingerprint density at radius 2 is 2.06 bits per heavy atom. The van der Waals surface area contributed by atoms with E-state index in [0.717, 1.165) is 11.3 Å². The highest BCUT2D eigenvalue weighted by Crippen LogP contribution is 2.19. The third-order valence-corrected chi connectivity index (χ3v) is 2.83. The molecule has 0 amide bonds. The van der Waals surface area contributed by atoms with Crippen LogP contribution in [0.1, 0.15) is 31.0 Å². The Bertz CT molecular complexity index is 532. The lowest BCUT2D eigenvalue weighted by molar-refractivity contribution is 0.630. The van der Waals surface area contributed by atoms with Crippen LogP contribution in [0.25, 0.3) is 0 Å². The highest BCUT2D eigenvalue weighted by Gasteiger charge is 2.11. The van der Waals surface area contributed by atoms with Gasteiger partial charge in [-0.05, 0) is 18.1 Å². The molecule has 0 spiro atoms. The largest absolute Gasteiger partial charge is 0.378 e. The molecule has 1 aromatic carbocycles. The van der Waals surface area contributed by atoms with E-state index in [2.05, 4.69) is 24.3 Å². The zero-order chi connectivity index (χ0) is 13.1. The third kappa shape index (κ3) is 2.70. The zero-order valence-corrected chi connectivity index (χ0v) is 10.9. The third-order valence-electron chi connectivity index (χ3n) is 2.83. The van der Waals surface area contributed by atoms with Gasteiger partial charge in [-0.25, -0.2) is 4.39 Å². The first-order chi connectivity index (χ1) is 8.58.